The fourth-order valence-corrected chi connectivity index (χ4v) is 2.32. The molecule has 1 atom stereocenters. The lowest BCUT2D eigenvalue weighted by molar-refractivity contribution is -0.140. The van der Waals surface area contributed by atoms with Gasteiger partial charge in [-0.3, -0.25) is 4.98 Å². The molecule has 1 unspecified atom stereocenters. The SMILES string of the molecule is CC(O)(c1ccc(I)cc1)c1cnccc1C(F)(F)F. The summed E-state index contributed by atoms with van der Waals surface area (Å²) >= 11 is 2.08. The van der Waals surface area contributed by atoms with Crippen LogP contribution in [0.3, 0.4) is 0 Å². The van der Waals surface area contributed by atoms with E-state index in [-0.39, 0.29) is 5.56 Å². The fourth-order valence-electron chi connectivity index (χ4n) is 1.96. The summed E-state index contributed by atoms with van der Waals surface area (Å²) in [7, 11) is 0. The molecule has 0 aliphatic heterocycles. The van der Waals surface area contributed by atoms with Crippen molar-refractivity contribution in [1.82, 2.24) is 4.98 Å². The number of alkyl halides is 3. The van der Waals surface area contributed by atoms with Crippen molar-refractivity contribution < 1.29 is 18.3 Å². The molecule has 1 heterocycles. The Morgan fingerprint density at radius 2 is 1.65 bits per heavy atom. The van der Waals surface area contributed by atoms with E-state index in [0.717, 1.165) is 22.0 Å². The predicted octanol–water partition coefficient (Wildman–Crippen LogP) is 3.96. The minimum Gasteiger partial charge on any atom is -0.381 e. The molecule has 106 valence electrons. The maximum atomic E-state index is 13.0. The first-order chi connectivity index (χ1) is 9.23. The number of hydrogen-bond acceptors (Lipinski definition) is 2. The highest BCUT2D eigenvalue weighted by Gasteiger charge is 2.39. The molecule has 1 aromatic heterocycles. The number of pyridine rings is 1. The minimum absolute atomic E-state index is 0.256. The van der Waals surface area contributed by atoms with Gasteiger partial charge in [-0.2, -0.15) is 13.2 Å². The zero-order chi connectivity index (χ0) is 15.0. The second-order valence-electron chi connectivity index (χ2n) is 4.50. The number of nitrogens with zero attached hydrogens (tertiary/aromatic N) is 1. The Balaban J connectivity index is 2.57. The van der Waals surface area contributed by atoms with Gasteiger partial charge in [-0.25, -0.2) is 0 Å². The fraction of sp³-hybridized carbons (Fsp3) is 0.214. The van der Waals surface area contributed by atoms with E-state index in [1.807, 2.05) is 0 Å². The number of halogens is 4. The average Bonchev–Trinajstić information content (AvgIpc) is 2.38. The molecule has 20 heavy (non-hydrogen) atoms. The van der Waals surface area contributed by atoms with E-state index >= 15 is 0 Å². The molecule has 6 heteroatoms. The molecule has 2 aromatic rings. The second-order valence-corrected chi connectivity index (χ2v) is 5.74. The first-order valence-electron chi connectivity index (χ1n) is 5.73. The summed E-state index contributed by atoms with van der Waals surface area (Å²) in [6, 6.07) is 7.54. The van der Waals surface area contributed by atoms with Crippen molar-refractivity contribution in [2.45, 2.75) is 18.7 Å². The molecule has 1 aromatic carbocycles. The summed E-state index contributed by atoms with van der Waals surface area (Å²) < 4.78 is 40.0. The van der Waals surface area contributed by atoms with Crippen LogP contribution in [0.25, 0.3) is 0 Å². The quantitative estimate of drug-likeness (QED) is 0.784. The molecule has 0 aliphatic carbocycles. The Labute approximate surface area is 127 Å². The monoisotopic (exact) mass is 393 g/mol. The normalized spacial score (nSPS) is 14.9. The lowest BCUT2D eigenvalue weighted by Gasteiger charge is -2.27. The summed E-state index contributed by atoms with van der Waals surface area (Å²) in [5.41, 5.74) is -2.51. The Bertz CT molecular complexity index is 609. The van der Waals surface area contributed by atoms with Crippen LogP contribution in [0.1, 0.15) is 23.6 Å². The maximum Gasteiger partial charge on any atom is 0.416 e. The lowest BCUT2D eigenvalue weighted by Crippen LogP contribution is -2.27. The highest BCUT2D eigenvalue weighted by Crippen LogP contribution is 2.38. The van der Waals surface area contributed by atoms with Crippen molar-refractivity contribution in [3.05, 3.63) is 63.0 Å². The van der Waals surface area contributed by atoms with Crippen molar-refractivity contribution in [3.63, 3.8) is 0 Å². The van der Waals surface area contributed by atoms with Crippen LogP contribution >= 0.6 is 22.6 Å². The molecule has 2 nitrogen and oxygen atoms in total. The van der Waals surface area contributed by atoms with Gasteiger partial charge in [0.2, 0.25) is 0 Å². The third-order valence-electron chi connectivity index (χ3n) is 3.06. The van der Waals surface area contributed by atoms with Crippen LogP contribution in [-0.4, -0.2) is 10.1 Å². The first-order valence-corrected chi connectivity index (χ1v) is 6.81. The number of hydrogen-bond donors (Lipinski definition) is 1. The number of aliphatic hydroxyl groups is 1. The van der Waals surface area contributed by atoms with Gasteiger partial charge in [-0.15, -0.1) is 0 Å². The molecule has 1 N–H and O–H groups in total. The average molecular weight is 393 g/mol. The van der Waals surface area contributed by atoms with E-state index < -0.39 is 17.3 Å². The van der Waals surface area contributed by atoms with E-state index in [4.69, 9.17) is 0 Å². The Morgan fingerprint density at radius 1 is 1.05 bits per heavy atom. The molecule has 0 saturated carbocycles. The summed E-state index contributed by atoms with van der Waals surface area (Å²) in [5.74, 6) is 0. The van der Waals surface area contributed by atoms with Gasteiger partial charge in [0.05, 0.1) is 5.56 Å². The van der Waals surface area contributed by atoms with Crippen molar-refractivity contribution in [3.8, 4) is 0 Å². The molecule has 2 rings (SSSR count). The van der Waals surface area contributed by atoms with Gasteiger partial charge in [0, 0.05) is 21.5 Å². The highest BCUT2D eigenvalue weighted by molar-refractivity contribution is 14.1. The molecule has 0 spiro atoms. The zero-order valence-electron chi connectivity index (χ0n) is 10.4. The smallest absolute Gasteiger partial charge is 0.381 e. The minimum atomic E-state index is -4.54. The number of aromatic nitrogens is 1. The van der Waals surface area contributed by atoms with Crippen LogP contribution in [0.2, 0.25) is 0 Å². The third kappa shape index (κ3) is 2.95. The maximum absolute atomic E-state index is 13.0. The van der Waals surface area contributed by atoms with Crippen LogP contribution < -0.4 is 0 Å². The Morgan fingerprint density at radius 3 is 2.20 bits per heavy atom. The van der Waals surface area contributed by atoms with Crippen molar-refractivity contribution in [2.75, 3.05) is 0 Å². The number of rotatable bonds is 2. The van der Waals surface area contributed by atoms with Gasteiger partial charge in [-0.1, -0.05) is 12.1 Å². The van der Waals surface area contributed by atoms with E-state index in [1.54, 1.807) is 24.3 Å². The van der Waals surface area contributed by atoms with E-state index in [9.17, 15) is 18.3 Å². The Hall–Kier alpha value is -1.15. The lowest BCUT2D eigenvalue weighted by atomic mass is 9.86. The highest BCUT2D eigenvalue weighted by atomic mass is 127. The molecule has 0 amide bonds. The van der Waals surface area contributed by atoms with Gasteiger partial charge in [-0.05, 0) is 53.3 Å². The van der Waals surface area contributed by atoms with Gasteiger partial charge in [0.1, 0.15) is 5.60 Å². The van der Waals surface area contributed by atoms with Crippen LogP contribution in [0.15, 0.2) is 42.7 Å². The predicted molar refractivity (Wildman–Crippen MR) is 77.1 cm³/mol. The molecule has 0 aliphatic rings. The van der Waals surface area contributed by atoms with Crippen molar-refractivity contribution in [1.29, 1.82) is 0 Å². The molecule has 0 radical (unpaired) electrons. The van der Waals surface area contributed by atoms with E-state index in [0.29, 0.717) is 5.56 Å². The summed E-state index contributed by atoms with van der Waals surface area (Å²) in [5, 5.41) is 10.5. The molecular weight excluding hydrogens is 382 g/mol. The zero-order valence-corrected chi connectivity index (χ0v) is 12.6. The summed E-state index contributed by atoms with van der Waals surface area (Å²) in [6.45, 7) is 1.33. The number of benzene rings is 1. The third-order valence-corrected chi connectivity index (χ3v) is 3.78. The van der Waals surface area contributed by atoms with Crippen LogP contribution in [0.5, 0.6) is 0 Å². The topological polar surface area (TPSA) is 33.1 Å². The summed E-state index contributed by atoms with van der Waals surface area (Å²) in [6.07, 6.45) is -2.41. The summed E-state index contributed by atoms with van der Waals surface area (Å²) in [4.78, 5) is 3.71. The van der Waals surface area contributed by atoms with Gasteiger partial charge < -0.3 is 5.11 Å². The van der Waals surface area contributed by atoms with Crippen LogP contribution in [0.4, 0.5) is 13.2 Å². The first kappa shape index (κ1) is 15.2. The van der Waals surface area contributed by atoms with E-state index in [1.165, 1.54) is 6.92 Å². The van der Waals surface area contributed by atoms with Crippen molar-refractivity contribution in [2.24, 2.45) is 0 Å². The van der Waals surface area contributed by atoms with Gasteiger partial charge in [0.25, 0.3) is 0 Å². The van der Waals surface area contributed by atoms with Crippen LogP contribution in [0, 0.1) is 3.57 Å². The Kier molecular flexibility index (Phi) is 4.06. The van der Waals surface area contributed by atoms with E-state index in [2.05, 4.69) is 27.6 Å². The molecular formula is C14H11F3INO. The molecule has 0 saturated heterocycles. The largest absolute Gasteiger partial charge is 0.416 e. The molecule has 0 bridgehead atoms. The second kappa shape index (κ2) is 5.33. The van der Waals surface area contributed by atoms with Crippen molar-refractivity contribution >= 4 is 22.6 Å². The van der Waals surface area contributed by atoms with Crippen LogP contribution in [-0.2, 0) is 11.8 Å². The van der Waals surface area contributed by atoms with Gasteiger partial charge >= 0.3 is 6.18 Å². The van der Waals surface area contributed by atoms with Gasteiger partial charge in [0.15, 0.2) is 0 Å². The molecule has 0 fully saturated rings. The standard InChI is InChI=1S/C14H11F3INO/c1-13(20,9-2-4-10(18)5-3-9)12-8-19-7-6-11(12)14(15,16)17/h2-8,20H,1H3.